The van der Waals surface area contributed by atoms with Gasteiger partial charge in [0.2, 0.25) is 10.0 Å². The lowest BCUT2D eigenvalue weighted by molar-refractivity contribution is -0.137. The predicted molar refractivity (Wildman–Crippen MR) is 78.1 cm³/mol. The molecule has 0 spiro atoms. The first-order valence-electron chi connectivity index (χ1n) is 6.33. The lowest BCUT2D eigenvalue weighted by atomic mass is 10.2. The fourth-order valence-corrected chi connectivity index (χ4v) is 2.86. The Bertz CT molecular complexity index is 770. The number of nitrogens with one attached hydrogen (secondary N) is 1. The number of imide groups is 1. The first kappa shape index (κ1) is 16.1. The number of benzene rings is 1. The van der Waals surface area contributed by atoms with Gasteiger partial charge in [-0.1, -0.05) is 6.07 Å². The third kappa shape index (κ3) is 3.16. The molecule has 1 aromatic carbocycles. The van der Waals surface area contributed by atoms with Crippen molar-refractivity contribution in [3.05, 3.63) is 35.5 Å². The number of sulfonamides is 1. The van der Waals surface area contributed by atoms with Crippen LogP contribution in [0.4, 0.5) is 5.69 Å². The van der Waals surface area contributed by atoms with Gasteiger partial charge in [-0.15, -0.1) is 0 Å². The highest BCUT2D eigenvalue weighted by Crippen LogP contribution is 2.22. The van der Waals surface area contributed by atoms with E-state index >= 15 is 0 Å². The highest BCUT2D eigenvalue weighted by molar-refractivity contribution is 7.89. The van der Waals surface area contributed by atoms with Gasteiger partial charge in [0.25, 0.3) is 11.8 Å². The quantitative estimate of drug-likeness (QED) is 0.614. The van der Waals surface area contributed by atoms with Gasteiger partial charge < -0.3 is 10.4 Å². The van der Waals surface area contributed by atoms with Crippen molar-refractivity contribution in [2.75, 3.05) is 18.5 Å². The maximum absolute atomic E-state index is 12.0. The van der Waals surface area contributed by atoms with Gasteiger partial charge in [0.15, 0.2) is 0 Å². The van der Waals surface area contributed by atoms with Crippen LogP contribution in [0.5, 0.6) is 0 Å². The average molecular weight is 325 g/mol. The normalized spacial score (nSPS) is 15.2. The number of rotatable bonds is 5. The van der Waals surface area contributed by atoms with E-state index in [2.05, 4.69) is 5.32 Å². The van der Waals surface area contributed by atoms with E-state index in [0.29, 0.717) is 11.3 Å². The van der Waals surface area contributed by atoms with Crippen LogP contribution in [0.25, 0.3) is 0 Å². The standard InChI is InChI=1S/C13H15N3O5S/c1-8-2-3-9(6-11(8)22(14,20)21)15-10-7-12(18)16(4-5-17)13(10)19/h2-3,6-7,15,17H,4-5H2,1H3,(H2,14,20,21). The number of anilines is 1. The summed E-state index contributed by atoms with van der Waals surface area (Å²) in [5.41, 5.74) is 0.785. The van der Waals surface area contributed by atoms with Crippen molar-refractivity contribution >= 4 is 27.5 Å². The third-order valence-electron chi connectivity index (χ3n) is 3.11. The first-order valence-corrected chi connectivity index (χ1v) is 7.87. The maximum Gasteiger partial charge on any atom is 0.277 e. The van der Waals surface area contributed by atoms with Crippen molar-refractivity contribution in [2.24, 2.45) is 5.14 Å². The van der Waals surface area contributed by atoms with Crippen molar-refractivity contribution in [1.82, 2.24) is 4.90 Å². The second kappa shape index (κ2) is 5.87. The van der Waals surface area contributed by atoms with Crippen LogP contribution in [-0.2, 0) is 19.6 Å². The van der Waals surface area contributed by atoms with Crippen molar-refractivity contribution in [3.63, 3.8) is 0 Å². The van der Waals surface area contributed by atoms with Crippen LogP contribution in [0, 0.1) is 6.92 Å². The average Bonchev–Trinajstić information content (AvgIpc) is 2.68. The van der Waals surface area contributed by atoms with Gasteiger partial charge in [0, 0.05) is 11.8 Å². The Hall–Kier alpha value is -2.23. The van der Waals surface area contributed by atoms with Gasteiger partial charge in [0.05, 0.1) is 18.0 Å². The predicted octanol–water partition coefficient (Wildman–Crippen LogP) is -0.701. The molecule has 1 heterocycles. The monoisotopic (exact) mass is 325 g/mol. The minimum absolute atomic E-state index is 0.00247. The van der Waals surface area contributed by atoms with Crippen LogP contribution in [0.2, 0.25) is 0 Å². The van der Waals surface area contributed by atoms with Crippen LogP contribution >= 0.6 is 0 Å². The van der Waals surface area contributed by atoms with Gasteiger partial charge in [0.1, 0.15) is 5.70 Å². The molecule has 1 aromatic rings. The molecule has 0 saturated heterocycles. The number of aryl methyl sites for hydroxylation is 1. The number of carbonyl (C=O) groups is 2. The van der Waals surface area contributed by atoms with Crippen LogP contribution in [-0.4, -0.2) is 43.4 Å². The number of aliphatic hydroxyl groups is 1. The van der Waals surface area contributed by atoms with Crippen molar-refractivity contribution < 1.29 is 23.1 Å². The van der Waals surface area contributed by atoms with Gasteiger partial charge in [-0.2, -0.15) is 0 Å². The van der Waals surface area contributed by atoms with Crippen molar-refractivity contribution in [2.45, 2.75) is 11.8 Å². The van der Waals surface area contributed by atoms with E-state index in [-0.39, 0.29) is 23.7 Å². The summed E-state index contributed by atoms with van der Waals surface area (Å²) in [6.45, 7) is 1.16. The molecule has 2 rings (SSSR count). The summed E-state index contributed by atoms with van der Waals surface area (Å²) in [5, 5.41) is 16.6. The smallest absolute Gasteiger partial charge is 0.277 e. The summed E-state index contributed by atoms with van der Waals surface area (Å²) in [7, 11) is -3.89. The molecule has 0 aliphatic carbocycles. The molecular weight excluding hydrogens is 310 g/mol. The Morgan fingerprint density at radius 2 is 2.00 bits per heavy atom. The van der Waals surface area contributed by atoms with Crippen LogP contribution in [0.1, 0.15) is 5.56 Å². The molecule has 1 aliphatic heterocycles. The van der Waals surface area contributed by atoms with Crippen molar-refractivity contribution in [1.29, 1.82) is 0 Å². The van der Waals surface area contributed by atoms with Crippen LogP contribution < -0.4 is 10.5 Å². The molecule has 0 bridgehead atoms. The van der Waals surface area contributed by atoms with E-state index in [1.807, 2.05) is 0 Å². The summed E-state index contributed by atoms with van der Waals surface area (Å²) >= 11 is 0. The van der Waals surface area contributed by atoms with Gasteiger partial charge in [-0.25, -0.2) is 13.6 Å². The van der Waals surface area contributed by atoms with E-state index in [4.69, 9.17) is 10.2 Å². The van der Waals surface area contributed by atoms with E-state index in [9.17, 15) is 18.0 Å². The Kier molecular flexibility index (Phi) is 4.31. The minimum Gasteiger partial charge on any atom is -0.395 e. The Morgan fingerprint density at radius 3 is 2.59 bits per heavy atom. The highest BCUT2D eigenvalue weighted by atomic mass is 32.2. The summed E-state index contributed by atoms with van der Waals surface area (Å²) in [4.78, 5) is 24.4. The molecule has 0 unspecified atom stereocenters. The zero-order valence-electron chi connectivity index (χ0n) is 11.7. The number of carbonyl (C=O) groups excluding carboxylic acids is 2. The van der Waals surface area contributed by atoms with Crippen LogP contribution in [0.3, 0.4) is 0 Å². The summed E-state index contributed by atoms with van der Waals surface area (Å²) in [6.07, 6.45) is 1.09. The summed E-state index contributed by atoms with van der Waals surface area (Å²) in [5.74, 6) is -1.13. The summed E-state index contributed by atoms with van der Waals surface area (Å²) in [6, 6.07) is 4.39. The fraction of sp³-hybridized carbons (Fsp3) is 0.231. The van der Waals surface area contributed by atoms with E-state index in [1.165, 1.54) is 12.1 Å². The molecule has 0 atom stereocenters. The van der Waals surface area contributed by atoms with Gasteiger partial charge >= 0.3 is 0 Å². The van der Waals surface area contributed by atoms with Gasteiger partial charge in [-0.3, -0.25) is 14.5 Å². The van der Waals surface area contributed by atoms with E-state index in [1.54, 1.807) is 13.0 Å². The van der Waals surface area contributed by atoms with Crippen molar-refractivity contribution in [3.8, 4) is 0 Å². The largest absolute Gasteiger partial charge is 0.395 e. The molecule has 118 valence electrons. The first-order chi connectivity index (χ1) is 10.2. The molecule has 0 aromatic heterocycles. The molecule has 0 fully saturated rings. The lowest BCUT2D eigenvalue weighted by Gasteiger charge is -2.14. The number of hydrogen-bond donors (Lipinski definition) is 3. The molecule has 0 radical (unpaired) electrons. The molecule has 9 heteroatoms. The number of amides is 2. The second-order valence-corrected chi connectivity index (χ2v) is 6.26. The Labute approximate surface area is 127 Å². The van der Waals surface area contributed by atoms with E-state index < -0.39 is 21.8 Å². The maximum atomic E-state index is 12.0. The van der Waals surface area contributed by atoms with E-state index in [0.717, 1.165) is 11.0 Å². The Balaban J connectivity index is 2.28. The number of primary sulfonamides is 1. The number of nitrogens with zero attached hydrogens (tertiary/aromatic N) is 1. The number of aliphatic hydroxyl groups excluding tert-OH is 1. The third-order valence-corrected chi connectivity index (χ3v) is 4.16. The summed E-state index contributed by atoms with van der Waals surface area (Å²) < 4.78 is 23.0. The van der Waals surface area contributed by atoms with Crippen LogP contribution in [0.15, 0.2) is 34.9 Å². The highest BCUT2D eigenvalue weighted by Gasteiger charge is 2.30. The molecule has 2 amide bonds. The molecule has 8 nitrogen and oxygen atoms in total. The lowest BCUT2D eigenvalue weighted by Crippen LogP contribution is -2.34. The number of β-amino-alcohol motifs (C(OH)–C–C–N with tert-alkyl or cyclic N) is 1. The molecule has 0 saturated carbocycles. The molecule has 22 heavy (non-hydrogen) atoms. The number of nitrogens with two attached hydrogens (primary N) is 1. The topological polar surface area (TPSA) is 130 Å². The molecular formula is C13H15N3O5S. The van der Waals surface area contributed by atoms with Gasteiger partial charge in [-0.05, 0) is 24.6 Å². The SMILES string of the molecule is Cc1ccc(NC2=CC(=O)N(CCO)C2=O)cc1S(N)(=O)=O. The zero-order chi connectivity index (χ0) is 16.5. The second-order valence-electron chi connectivity index (χ2n) is 4.73. The molecule has 1 aliphatic rings. The number of hydrogen-bond acceptors (Lipinski definition) is 6. The zero-order valence-corrected chi connectivity index (χ0v) is 12.6. The fourth-order valence-electron chi connectivity index (χ4n) is 2.05. The Morgan fingerprint density at radius 1 is 1.32 bits per heavy atom. The molecule has 4 N–H and O–H groups in total. The minimum atomic E-state index is -3.89.